The van der Waals surface area contributed by atoms with Crippen LogP contribution in [-0.4, -0.2) is 29.6 Å². The summed E-state index contributed by atoms with van der Waals surface area (Å²) in [6, 6.07) is 0. The van der Waals surface area contributed by atoms with Crippen LogP contribution in [-0.2, 0) is 14.3 Å². The number of allylic oxidation sites excluding steroid dienone is 1. The van der Waals surface area contributed by atoms with Gasteiger partial charge in [0.05, 0.1) is 12.7 Å². The van der Waals surface area contributed by atoms with E-state index in [2.05, 4.69) is 0 Å². The Morgan fingerprint density at radius 2 is 2.00 bits per heavy atom. The Morgan fingerprint density at radius 1 is 1.43 bits per heavy atom. The Bertz CT molecular complexity index is 545. The summed E-state index contributed by atoms with van der Waals surface area (Å²) < 4.78 is 4.86. The van der Waals surface area contributed by atoms with Gasteiger partial charge >= 0.3 is 5.97 Å². The summed E-state index contributed by atoms with van der Waals surface area (Å²) in [5.74, 6) is -0.476. The van der Waals surface area contributed by atoms with Crippen LogP contribution in [0.4, 0.5) is 0 Å². The molecule has 0 saturated heterocycles. The lowest BCUT2D eigenvalue weighted by molar-refractivity contribution is -0.141. The molecule has 116 valence electrons. The maximum absolute atomic E-state index is 12.7. The highest BCUT2D eigenvalue weighted by atomic mass is 16.5. The van der Waals surface area contributed by atoms with Crippen molar-refractivity contribution in [2.45, 2.75) is 52.6 Å². The number of esters is 1. The van der Waals surface area contributed by atoms with E-state index in [4.69, 9.17) is 4.74 Å². The number of ketones is 1. The fourth-order valence-electron chi connectivity index (χ4n) is 3.30. The molecule has 0 aromatic rings. The SMILES string of the molecule is COC(=O)C1=C(C)C2(CC2)C(C)(O)C(=O)/C1=C\CC(C)C. The lowest BCUT2D eigenvalue weighted by atomic mass is 9.67. The summed E-state index contributed by atoms with van der Waals surface area (Å²) >= 11 is 0. The Balaban J connectivity index is 2.61. The number of carbonyl (C=O) groups is 2. The van der Waals surface area contributed by atoms with Crippen LogP contribution < -0.4 is 0 Å². The molecule has 0 amide bonds. The van der Waals surface area contributed by atoms with Crippen molar-refractivity contribution in [1.29, 1.82) is 0 Å². The lowest BCUT2D eigenvalue weighted by Gasteiger charge is -2.39. The number of hydrogen-bond acceptors (Lipinski definition) is 4. The first-order valence-electron chi connectivity index (χ1n) is 7.46. The highest BCUT2D eigenvalue weighted by molar-refractivity contribution is 6.16. The molecule has 21 heavy (non-hydrogen) atoms. The molecule has 1 fully saturated rings. The second-order valence-corrected chi connectivity index (χ2v) is 6.72. The second kappa shape index (κ2) is 5.09. The lowest BCUT2D eigenvalue weighted by Crippen LogP contribution is -2.50. The molecule has 1 N–H and O–H groups in total. The van der Waals surface area contributed by atoms with Gasteiger partial charge in [-0.1, -0.05) is 19.9 Å². The second-order valence-electron chi connectivity index (χ2n) is 6.72. The monoisotopic (exact) mass is 292 g/mol. The predicted molar refractivity (Wildman–Crippen MR) is 79.6 cm³/mol. The molecule has 0 bridgehead atoms. The predicted octanol–water partition coefficient (Wildman–Crippen LogP) is 2.56. The molecule has 1 saturated carbocycles. The molecule has 0 radical (unpaired) electrons. The molecule has 0 aromatic heterocycles. The van der Waals surface area contributed by atoms with Crippen LogP contribution >= 0.6 is 0 Å². The van der Waals surface area contributed by atoms with Gasteiger partial charge in [0.1, 0.15) is 5.60 Å². The highest BCUT2D eigenvalue weighted by Gasteiger charge is 2.65. The van der Waals surface area contributed by atoms with Gasteiger partial charge in [-0.2, -0.15) is 0 Å². The first-order valence-corrected chi connectivity index (χ1v) is 7.46. The minimum absolute atomic E-state index is 0.315. The molecule has 2 aliphatic carbocycles. The van der Waals surface area contributed by atoms with Crippen molar-refractivity contribution in [3.63, 3.8) is 0 Å². The zero-order chi connectivity index (χ0) is 16.0. The molecular weight excluding hydrogens is 268 g/mol. The quantitative estimate of drug-likeness (QED) is 0.641. The topological polar surface area (TPSA) is 63.6 Å². The Labute approximate surface area is 125 Å². The highest BCUT2D eigenvalue weighted by Crippen LogP contribution is 2.63. The third-order valence-corrected chi connectivity index (χ3v) is 4.91. The summed E-state index contributed by atoms with van der Waals surface area (Å²) in [5.41, 5.74) is -0.558. The molecule has 2 aliphatic rings. The number of Topliss-reactive ketones (excluding diaryl/α,β-unsaturated/α-hetero) is 1. The van der Waals surface area contributed by atoms with Crippen LogP contribution in [0.3, 0.4) is 0 Å². The van der Waals surface area contributed by atoms with Gasteiger partial charge in [0.2, 0.25) is 0 Å². The molecule has 4 nitrogen and oxygen atoms in total. The van der Waals surface area contributed by atoms with E-state index in [0.717, 1.165) is 18.4 Å². The number of ether oxygens (including phenoxy) is 1. The van der Waals surface area contributed by atoms with Crippen LogP contribution in [0.25, 0.3) is 0 Å². The normalized spacial score (nSPS) is 29.5. The third-order valence-electron chi connectivity index (χ3n) is 4.91. The summed E-state index contributed by atoms with van der Waals surface area (Å²) in [5, 5.41) is 10.7. The maximum Gasteiger partial charge on any atom is 0.338 e. The van der Waals surface area contributed by atoms with Gasteiger partial charge in [-0.25, -0.2) is 4.79 Å². The molecule has 4 heteroatoms. The van der Waals surface area contributed by atoms with E-state index in [-0.39, 0.29) is 5.78 Å². The summed E-state index contributed by atoms with van der Waals surface area (Å²) in [6.07, 6.45) is 3.91. The smallest absolute Gasteiger partial charge is 0.338 e. The fraction of sp³-hybridized carbons (Fsp3) is 0.647. The number of methoxy groups -OCH3 is 1. The van der Waals surface area contributed by atoms with Gasteiger partial charge in [0.15, 0.2) is 5.78 Å². The minimum Gasteiger partial charge on any atom is -0.465 e. The van der Waals surface area contributed by atoms with E-state index in [9.17, 15) is 14.7 Å². The molecule has 1 atom stereocenters. The maximum atomic E-state index is 12.7. The number of carbonyl (C=O) groups excluding carboxylic acids is 2. The molecule has 2 rings (SSSR count). The van der Waals surface area contributed by atoms with E-state index in [1.807, 2.05) is 20.8 Å². The average molecular weight is 292 g/mol. The zero-order valence-corrected chi connectivity index (χ0v) is 13.4. The Hall–Kier alpha value is -1.42. The van der Waals surface area contributed by atoms with Gasteiger partial charge in [-0.15, -0.1) is 0 Å². The van der Waals surface area contributed by atoms with E-state index in [0.29, 0.717) is 23.5 Å². The van der Waals surface area contributed by atoms with Crippen LogP contribution in [0.1, 0.15) is 47.0 Å². The van der Waals surface area contributed by atoms with Crippen LogP contribution in [0.2, 0.25) is 0 Å². The van der Waals surface area contributed by atoms with Crippen LogP contribution in [0.15, 0.2) is 22.8 Å². The van der Waals surface area contributed by atoms with Crippen molar-refractivity contribution in [2.24, 2.45) is 11.3 Å². The van der Waals surface area contributed by atoms with E-state index < -0.39 is 17.0 Å². The van der Waals surface area contributed by atoms with Crippen molar-refractivity contribution < 1.29 is 19.4 Å². The average Bonchev–Trinajstić information content (AvgIpc) is 3.21. The van der Waals surface area contributed by atoms with E-state index in [1.54, 1.807) is 13.0 Å². The zero-order valence-electron chi connectivity index (χ0n) is 13.4. The van der Waals surface area contributed by atoms with Gasteiger partial charge in [0, 0.05) is 11.0 Å². The molecular formula is C17H24O4. The van der Waals surface area contributed by atoms with Gasteiger partial charge < -0.3 is 9.84 Å². The standard InChI is InChI=1S/C17H24O4/c1-10(2)6-7-12-13(15(19)21-5)11(3)17(8-9-17)16(4,20)14(12)18/h7,10,20H,6,8-9H2,1-5H3/b12-7-. The number of rotatable bonds is 3. The van der Waals surface area contributed by atoms with Crippen molar-refractivity contribution in [3.05, 3.63) is 22.8 Å². The fourth-order valence-corrected chi connectivity index (χ4v) is 3.30. The molecule has 0 aliphatic heterocycles. The van der Waals surface area contributed by atoms with Crippen molar-refractivity contribution in [3.8, 4) is 0 Å². The third kappa shape index (κ3) is 2.26. The molecule has 1 spiro atoms. The summed E-state index contributed by atoms with van der Waals surface area (Å²) in [4.78, 5) is 24.9. The Morgan fingerprint density at radius 3 is 2.43 bits per heavy atom. The first-order chi connectivity index (χ1) is 9.69. The van der Waals surface area contributed by atoms with Gasteiger partial charge in [-0.05, 0) is 44.6 Å². The van der Waals surface area contributed by atoms with Gasteiger partial charge in [0.25, 0.3) is 0 Å². The summed E-state index contributed by atoms with van der Waals surface area (Å²) in [7, 11) is 1.32. The van der Waals surface area contributed by atoms with Crippen molar-refractivity contribution in [2.75, 3.05) is 7.11 Å². The van der Waals surface area contributed by atoms with Gasteiger partial charge in [-0.3, -0.25) is 4.79 Å². The van der Waals surface area contributed by atoms with Crippen molar-refractivity contribution >= 4 is 11.8 Å². The largest absolute Gasteiger partial charge is 0.465 e. The minimum atomic E-state index is -1.43. The Kier molecular flexibility index (Phi) is 3.87. The summed E-state index contributed by atoms with van der Waals surface area (Å²) in [6.45, 7) is 7.49. The molecule has 1 unspecified atom stereocenters. The number of aliphatic hydroxyl groups is 1. The van der Waals surface area contributed by atoms with Crippen LogP contribution in [0.5, 0.6) is 0 Å². The molecule has 0 heterocycles. The number of hydrogen-bond donors (Lipinski definition) is 1. The van der Waals surface area contributed by atoms with Crippen LogP contribution in [0, 0.1) is 11.3 Å². The first kappa shape index (κ1) is 16.0. The van der Waals surface area contributed by atoms with E-state index >= 15 is 0 Å². The molecule has 0 aromatic carbocycles. The van der Waals surface area contributed by atoms with Crippen molar-refractivity contribution in [1.82, 2.24) is 0 Å². The van der Waals surface area contributed by atoms with E-state index in [1.165, 1.54) is 7.11 Å².